The SMILES string of the molecule is Cc1cnc(-c2nc(C(C)C)c(Br)c(=O)[nH]2)nc1. The normalized spacial score (nSPS) is 10.9. The van der Waals surface area contributed by atoms with Gasteiger partial charge in [0, 0.05) is 12.4 Å². The Kier molecular flexibility index (Phi) is 3.56. The van der Waals surface area contributed by atoms with Crippen LogP contribution in [-0.2, 0) is 0 Å². The Hall–Kier alpha value is -1.56. The Bertz CT molecular complexity index is 619. The smallest absolute Gasteiger partial charge is 0.265 e. The third-order valence-corrected chi connectivity index (χ3v) is 3.19. The van der Waals surface area contributed by atoms with Crippen molar-refractivity contribution in [3.63, 3.8) is 0 Å². The van der Waals surface area contributed by atoms with Crippen molar-refractivity contribution in [2.24, 2.45) is 0 Å². The molecule has 0 aliphatic rings. The maximum Gasteiger partial charge on any atom is 0.265 e. The van der Waals surface area contributed by atoms with Crippen LogP contribution in [0.1, 0.15) is 31.0 Å². The molecule has 0 radical (unpaired) electrons. The molecule has 94 valence electrons. The number of rotatable bonds is 2. The van der Waals surface area contributed by atoms with Crippen molar-refractivity contribution in [3.05, 3.63) is 38.5 Å². The molecule has 0 spiro atoms. The predicted octanol–water partition coefficient (Wildman–Crippen LogP) is 2.42. The molecule has 0 unspecified atom stereocenters. The molecule has 6 heteroatoms. The summed E-state index contributed by atoms with van der Waals surface area (Å²) >= 11 is 3.25. The van der Waals surface area contributed by atoms with Crippen LogP contribution >= 0.6 is 15.9 Å². The summed E-state index contributed by atoms with van der Waals surface area (Å²) in [7, 11) is 0. The molecule has 0 fully saturated rings. The van der Waals surface area contributed by atoms with Gasteiger partial charge in [-0.1, -0.05) is 13.8 Å². The molecule has 0 saturated carbocycles. The fourth-order valence-corrected chi connectivity index (χ4v) is 2.13. The average Bonchev–Trinajstić information content (AvgIpc) is 2.33. The molecule has 2 rings (SSSR count). The van der Waals surface area contributed by atoms with Crippen LogP contribution in [0.3, 0.4) is 0 Å². The van der Waals surface area contributed by atoms with Crippen molar-refractivity contribution in [2.45, 2.75) is 26.7 Å². The summed E-state index contributed by atoms with van der Waals surface area (Å²) in [6, 6.07) is 0. The van der Waals surface area contributed by atoms with Gasteiger partial charge in [-0.2, -0.15) is 0 Å². The average molecular weight is 309 g/mol. The molecule has 5 nitrogen and oxygen atoms in total. The lowest BCUT2D eigenvalue weighted by Gasteiger charge is -2.08. The number of hydrogen-bond donors (Lipinski definition) is 1. The molecule has 2 aromatic heterocycles. The van der Waals surface area contributed by atoms with E-state index in [9.17, 15) is 4.79 Å². The van der Waals surface area contributed by atoms with E-state index in [1.807, 2.05) is 20.8 Å². The Morgan fingerprint density at radius 1 is 1.28 bits per heavy atom. The van der Waals surface area contributed by atoms with Crippen molar-refractivity contribution >= 4 is 15.9 Å². The Labute approximate surface area is 113 Å². The lowest BCUT2D eigenvalue weighted by atomic mass is 10.1. The molecule has 0 bridgehead atoms. The largest absolute Gasteiger partial charge is 0.303 e. The van der Waals surface area contributed by atoms with Crippen molar-refractivity contribution in [1.29, 1.82) is 0 Å². The number of halogens is 1. The second-order valence-corrected chi connectivity index (χ2v) is 5.15. The number of aromatic nitrogens is 4. The van der Waals surface area contributed by atoms with E-state index >= 15 is 0 Å². The third-order valence-electron chi connectivity index (χ3n) is 2.43. The van der Waals surface area contributed by atoms with Crippen LogP contribution in [0.2, 0.25) is 0 Å². The molecule has 2 heterocycles. The van der Waals surface area contributed by atoms with E-state index in [0.29, 0.717) is 21.8 Å². The summed E-state index contributed by atoms with van der Waals surface area (Å²) in [6.45, 7) is 5.86. The molecule has 0 aliphatic heterocycles. The fourth-order valence-electron chi connectivity index (χ4n) is 1.48. The van der Waals surface area contributed by atoms with Gasteiger partial charge in [-0.3, -0.25) is 4.79 Å². The topological polar surface area (TPSA) is 71.5 Å². The van der Waals surface area contributed by atoms with Gasteiger partial charge in [-0.15, -0.1) is 0 Å². The molecule has 0 amide bonds. The Balaban J connectivity index is 2.59. The van der Waals surface area contributed by atoms with Gasteiger partial charge in [0.2, 0.25) is 0 Å². The van der Waals surface area contributed by atoms with Crippen molar-refractivity contribution < 1.29 is 0 Å². The van der Waals surface area contributed by atoms with Crippen LogP contribution in [0.5, 0.6) is 0 Å². The van der Waals surface area contributed by atoms with E-state index < -0.39 is 0 Å². The number of nitrogens with one attached hydrogen (secondary N) is 1. The zero-order chi connectivity index (χ0) is 13.3. The van der Waals surface area contributed by atoms with Crippen molar-refractivity contribution in [3.8, 4) is 11.6 Å². The van der Waals surface area contributed by atoms with Gasteiger partial charge in [0.15, 0.2) is 11.6 Å². The van der Waals surface area contributed by atoms with Gasteiger partial charge in [0.25, 0.3) is 5.56 Å². The first-order chi connectivity index (χ1) is 8.49. The van der Waals surface area contributed by atoms with Gasteiger partial charge in [0.05, 0.1) is 5.69 Å². The monoisotopic (exact) mass is 308 g/mol. The van der Waals surface area contributed by atoms with Crippen molar-refractivity contribution in [2.75, 3.05) is 0 Å². The van der Waals surface area contributed by atoms with Crippen LogP contribution in [-0.4, -0.2) is 19.9 Å². The van der Waals surface area contributed by atoms with Crippen LogP contribution in [0.25, 0.3) is 11.6 Å². The highest BCUT2D eigenvalue weighted by Gasteiger charge is 2.14. The van der Waals surface area contributed by atoms with E-state index in [1.165, 1.54) is 0 Å². The van der Waals surface area contributed by atoms with E-state index in [4.69, 9.17) is 0 Å². The Morgan fingerprint density at radius 2 is 1.89 bits per heavy atom. The zero-order valence-corrected chi connectivity index (χ0v) is 11.9. The van der Waals surface area contributed by atoms with Gasteiger partial charge in [-0.05, 0) is 34.3 Å². The van der Waals surface area contributed by atoms with Crippen LogP contribution in [0.15, 0.2) is 21.7 Å². The first kappa shape index (κ1) is 12.9. The number of hydrogen-bond acceptors (Lipinski definition) is 4. The maximum atomic E-state index is 11.8. The van der Waals surface area contributed by atoms with Crippen LogP contribution in [0, 0.1) is 6.92 Å². The second kappa shape index (κ2) is 4.97. The summed E-state index contributed by atoms with van der Waals surface area (Å²) in [5, 5.41) is 0. The minimum Gasteiger partial charge on any atom is -0.303 e. The molecular weight excluding hydrogens is 296 g/mol. The van der Waals surface area contributed by atoms with Gasteiger partial charge >= 0.3 is 0 Å². The minimum atomic E-state index is -0.215. The van der Waals surface area contributed by atoms with Gasteiger partial charge in [-0.25, -0.2) is 15.0 Å². The highest BCUT2D eigenvalue weighted by molar-refractivity contribution is 9.10. The maximum absolute atomic E-state index is 11.8. The lowest BCUT2D eigenvalue weighted by Crippen LogP contribution is -2.15. The first-order valence-electron chi connectivity index (χ1n) is 5.57. The highest BCUT2D eigenvalue weighted by atomic mass is 79.9. The van der Waals surface area contributed by atoms with E-state index in [0.717, 1.165) is 5.56 Å². The lowest BCUT2D eigenvalue weighted by molar-refractivity contribution is 0.800. The number of aryl methyl sites for hydroxylation is 1. The molecule has 18 heavy (non-hydrogen) atoms. The second-order valence-electron chi connectivity index (χ2n) is 4.35. The molecular formula is C12H13BrN4O. The molecule has 2 aromatic rings. The summed E-state index contributed by atoms with van der Waals surface area (Å²) in [5.74, 6) is 0.963. The molecule has 0 aromatic carbocycles. The van der Waals surface area contributed by atoms with E-state index in [2.05, 4.69) is 35.9 Å². The summed E-state index contributed by atoms with van der Waals surface area (Å²) in [4.78, 5) is 27.2. The van der Waals surface area contributed by atoms with Gasteiger partial charge in [0.1, 0.15) is 4.47 Å². The molecule has 0 saturated heterocycles. The van der Waals surface area contributed by atoms with E-state index in [1.54, 1.807) is 12.4 Å². The number of aromatic amines is 1. The molecule has 0 atom stereocenters. The van der Waals surface area contributed by atoms with E-state index in [-0.39, 0.29) is 11.5 Å². The quantitative estimate of drug-likeness (QED) is 0.925. The summed E-state index contributed by atoms with van der Waals surface area (Å²) in [6.07, 6.45) is 3.39. The summed E-state index contributed by atoms with van der Waals surface area (Å²) < 4.78 is 0.466. The fraction of sp³-hybridized carbons (Fsp3) is 0.333. The third kappa shape index (κ3) is 2.48. The summed E-state index contributed by atoms with van der Waals surface area (Å²) in [5.41, 5.74) is 1.45. The van der Waals surface area contributed by atoms with Crippen molar-refractivity contribution in [1.82, 2.24) is 19.9 Å². The number of nitrogens with zero attached hydrogens (tertiary/aromatic N) is 3. The minimum absolute atomic E-state index is 0.144. The van der Waals surface area contributed by atoms with Crippen LogP contribution < -0.4 is 5.56 Å². The zero-order valence-electron chi connectivity index (χ0n) is 10.4. The first-order valence-corrected chi connectivity index (χ1v) is 6.37. The molecule has 0 aliphatic carbocycles. The van der Waals surface area contributed by atoms with Gasteiger partial charge < -0.3 is 4.98 Å². The number of H-pyrrole nitrogens is 1. The predicted molar refractivity (Wildman–Crippen MR) is 72.4 cm³/mol. The molecule has 1 N–H and O–H groups in total. The Morgan fingerprint density at radius 3 is 2.44 bits per heavy atom. The standard InChI is InChI=1S/C12H13BrN4O/c1-6(2)9-8(13)12(18)17-11(16-9)10-14-4-7(3)5-15-10/h4-6H,1-3H3,(H,16,17,18). The van der Waals surface area contributed by atoms with Crippen LogP contribution in [0.4, 0.5) is 0 Å². The highest BCUT2D eigenvalue weighted by Crippen LogP contribution is 2.20.